The summed E-state index contributed by atoms with van der Waals surface area (Å²) in [5, 5.41) is 11.8. The van der Waals surface area contributed by atoms with Crippen molar-refractivity contribution in [2.75, 3.05) is 13.2 Å². The molecule has 0 spiro atoms. The van der Waals surface area contributed by atoms with Crippen molar-refractivity contribution >= 4 is 11.9 Å². The Kier molecular flexibility index (Phi) is 6.57. The van der Waals surface area contributed by atoms with E-state index in [-0.39, 0.29) is 17.9 Å². The highest BCUT2D eigenvalue weighted by molar-refractivity contribution is 5.87. The van der Waals surface area contributed by atoms with Crippen molar-refractivity contribution in [3.05, 3.63) is 64.7 Å². The second-order valence-electron chi connectivity index (χ2n) is 5.97. The van der Waals surface area contributed by atoms with E-state index in [1.54, 1.807) is 18.2 Å². The molecule has 0 aliphatic heterocycles. The van der Waals surface area contributed by atoms with Gasteiger partial charge >= 0.3 is 5.97 Å². The van der Waals surface area contributed by atoms with Crippen molar-refractivity contribution in [3.8, 4) is 5.75 Å². The summed E-state index contributed by atoms with van der Waals surface area (Å²) in [5.74, 6) is -0.229. The van der Waals surface area contributed by atoms with Gasteiger partial charge in [-0.15, -0.1) is 0 Å². The van der Waals surface area contributed by atoms with Crippen LogP contribution in [0.2, 0.25) is 0 Å². The van der Waals surface area contributed by atoms with E-state index in [0.717, 1.165) is 22.4 Å². The van der Waals surface area contributed by atoms with E-state index >= 15 is 0 Å². The van der Waals surface area contributed by atoms with Crippen molar-refractivity contribution in [2.45, 2.75) is 26.7 Å². The highest BCUT2D eigenvalue weighted by atomic mass is 16.5. The Balaban J connectivity index is 1.71. The highest BCUT2D eigenvalue weighted by Gasteiger charge is 2.06. The summed E-state index contributed by atoms with van der Waals surface area (Å²) in [6.45, 7) is 4.76. The first-order chi connectivity index (χ1) is 12.0. The molecule has 0 aliphatic carbocycles. The lowest BCUT2D eigenvalue weighted by molar-refractivity contribution is -0.121. The van der Waals surface area contributed by atoms with Gasteiger partial charge in [-0.1, -0.05) is 24.3 Å². The van der Waals surface area contributed by atoms with Gasteiger partial charge in [0.2, 0.25) is 5.91 Å². The Morgan fingerprint density at radius 2 is 1.92 bits per heavy atom. The fraction of sp³-hybridized carbons (Fsp3) is 0.300. The van der Waals surface area contributed by atoms with Gasteiger partial charge in [-0.25, -0.2) is 4.79 Å². The summed E-state index contributed by atoms with van der Waals surface area (Å²) in [6.07, 6.45) is 0.868. The first-order valence-corrected chi connectivity index (χ1v) is 8.24. The van der Waals surface area contributed by atoms with Gasteiger partial charge in [0.15, 0.2) is 0 Å². The summed E-state index contributed by atoms with van der Waals surface area (Å²) in [7, 11) is 0. The molecule has 0 radical (unpaired) electrons. The maximum Gasteiger partial charge on any atom is 0.335 e. The quantitative estimate of drug-likeness (QED) is 0.773. The molecule has 0 bridgehead atoms. The zero-order valence-electron chi connectivity index (χ0n) is 14.5. The number of amides is 1. The minimum absolute atomic E-state index is 0.0836. The molecule has 2 N–H and O–H groups in total. The topological polar surface area (TPSA) is 75.6 Å². The van der Waals surface area contributed by atoms with Gasteiger partial charge in [0, 0.05) is 6.54 Å². The largest absolute Gasteiger partial charge is 0.493 e. The molecule has 0 fully saturated rings. The molecule has 132 valence electrons. The van der Waals surface area contributed by atoms with Crippen LogP contribution in [0.4, 0.5) is 0 Å². The number of carboxylic acids is 1. The van der Waals surface area contributed by atoms with E-state index < -0.39 is 5.97 Å². The van der Waals surface area contributed by atoms with Crippen LogP contribution in [0.25, 0.3) is 0 Å². The van der Waals surface area contributed by atoms with E-state index in [0.29, 0.717) is 19.6 Å². The third-order valence-electron chi connectivity index (χ3n) is 3.84. The van der Waals surface area contributed by atoms with Crippen LogP contribution in [0.1, 0.15) is 33.5 Å². The smallest absolute Gasteiger partial charge is 0.335 e. The van der Waals surface area contributed by atoms with Crippen LogP contribution in [0.15, 0.2) is 42.5 Å². The normalized spacial score (nSPS) is 10.3. The van der Waals surface area contributed by atoms with Gasteiger partial charge in [0.25, 0.3) is 0 Å². The third kappa shape index (κ3) is 5.95. The molecule has 0 atom stereocenters. The Morgan fingerprint density at radius 3 is 2.68 bits per heavy atom. The van der Waals surface area contributed by atoms with Crippen LogP contribution < -0.4 is 10.1 Å². The van der Waals surface area contributed by atoms with Crippen LogP contribution in [-0.4, -0.2) is 30.1 Å². The molecular weight excluding hydrogens is 318 g/mol. The monoisotopic (exact) mass is 341 g/mol. The van der Waals surface area contributed by atoms with Crippen molar-refractivity contribution in [2.24, 2.45) is 0 Å². The molecule has 0 heterocycles. The zero-order chi connectivity index (χ0) is 18.2. The summed E-state index contributed by atoms with van der Waals surface area (Å²) in [6, 6.07) is 12.7. The van der Waals surface area contributed by atoms with Gasteiger partial charge in [-0.2, -0.15) is 0 Å². The maximum absolute atomic E-state index is 11.9. The number of carbonyl (C=O) groups is 2. The first-order valence-electron chi connectivity index (χ1n) is 8.24. The molecule has 25 heavy (non-hydrogen) atoms. The molecule has 0 saturated carbocycles. The third-order valence-corrected chi connectivity index (χ3v) is 3.84. The van der Waals surface area contributed by atoms with Crippen LogP contribution in [0.3, 0.4) is 0 Å². The summed E-state index contributed by atoms with van der Waals surface area (Å²) in [5.41, 5.74) is 3.30. The van der Waals surface area contributed by atoms with Gasteiger partial charge in [0.1, 0.15) is 5.75 Å². The number of aryl methyl sites for hydroxylation is 2. The standard InChI is InChI=1S/C20H23NO4/c1-14-6-7-15(2)18(12-14)25-11-9-19(22)21-10-8-16-4-3-5-17(13-16)20(23)24/h3-7,12-13H,8-11H2,1-2H3,(H,21,22)(H,23,24). The lowest BCUT2D eigenvalue weighted by atomic mass is 10.1. The van der Waals surface area contributed by atoms with E-state index in [1.807, 2.05) is 38.1 Å². The summed E-state index contributed by atoms with van der Waals surface area (Å²) >= 11 is 0. The second kappa shape index (κ2) is 8.87. The van der Waals surface area contributed by atoms with E-state index in [9.17, 15) is 9.59 Å². The highest BCUT2D eigenvalue weighted by Crippen LogP contribution is 2.19. The van der Waals surface area contributed by atoms with Gasteiger partial charge in [0.05, 0.1) is 18.6 Å². The fourth-order valence-electron chi connectivity index (χ4n) is 2.41. The van der Waals surface area contributed by atoms with Crippen LogP contribution >= 0.6 is 0 Å². The molecule has 2 aromatic carbocycles. The molecule has 0 saturated heterocycles. The number of rotatable bonds is 8. The van der Waals surface area contributed by atoms with Crippen molar-refractivity contribution in [1.82, 2.24) is 5.32 Å². The lowest BCUT2D eigenvalue weighted by Crippen LogP contribution is -2.27. The second-order valence-corrected chi connectivity index (χ2v) is 5.97. The number of aromatic carboxylic acids is 1. The average molecular weight is 341 g/mol. The molecule has 2 aromatic rings. The van der Waals surface area contributed by atoms with Crippen molar-refractivity contribution in [1.29, 1.82) is 0 Å². The molecule has 0 aliphatic rings. The van der Waals surface area contributed by atoms with Gasteiger partial charge < -0.3 is 15.2 Å². The number of ether oxygens (including phenoxy) is 1. The van der Waals surface area contributed by atoms with E-state index in [1.165, 1.54) is 0 Å². The van der Waals surface area contributed by atoms with Gasteiger partial charge in [-0.3, -0.25) is 4.79 Å². The number of carbonyl (C=O) groups excluding carboxylic acids is 1. The first kappa shape index (κ1) is 18.5. The molecule has 1 amide bonds. The SMILES string of the molecule is Cc1ccc(C)c(OCCC(=O)NCCc2cccc(C(=O)O)c2)c1. The van der Waals surface area contributed by atoms with E-state index in [2.05, 4.69) is 5.32 Å². The van der Waals surface area contributed by atoms with Crippen molar-refractivity contribution in [3.63, 3.8) is 0 Å². The molecule has 2 rings (SSSR count). The van der Waals surface area contributed by atoms with Crippen LogP contribution in [0.5, 0.6) is 5.75 Å². The van der Waals surface area contributed by atoms with Crippen molar-refractivity contribution < 1.29 is 19.4 Å². The predicted molar refractivity (Wildman–Crippen MR) is 96.1 cm³/mol. The van der Waals surface area contributed by atoms with E-state index in [4.69, 9.17) is 9.84 Å². The summed E-state index contributed by atoms with van der Waals surface area (Å²) < 4.78 is 5.67. The Bertz CT molecular complexity index is 755. The predicted octanol–water partition coefficient (Wildman–Crippen LogP) is 3.13. The molecular formula is C20H23NO4. The summed E-state index contributed by atoms with van der Waals surface area (Å²) in [4.78, 5) is 22.8. The Morgan fingerprint density at radius 1 is 1.12 bits per heavy atom. The molecule has 0 unspecified atom stereocenters. The number of hydrogen-bond donors (Lipinski definition) is 2. The lowest BCUT2D eigenvalue weighted by Gasteiger charge is -2.10. The number of nitrogens with one attached hydrogen (secondary N) is 1. The molecule has 5 nitrogen and oxygen atoms in total. The van der Waals surface area contributed by atoms with Crippen LogP contribution in [-0.2, 0) is 11.2 Å². The Labute approximate surface area is 147 Å². The number of hydrogen-bond acceptors (Lipinski definition) is 3. The zero-order valence-corrected chi connectivity index (χ0v) is 14.5. The fourth-order valence-corrected chi connectivity index (χ4v) is 2.41. The maximum atomic E-state index is 11.9. The van der Waals surface area contributed by atoms with Crippen LogP contribution in [0, 0.1) is 13.8 Å². The minimum Gasteiger partial charge on any atom is -0.493 e. The van der Waals surface area contributed by atoms with Gasteiger partial charge in [-0.05, 0) is 55.2 Å². The number of carboxylic acid groups (broad SMARTS) is 1. The average Bonchev–Trinajstić information content (AvgIpc) is 2.58. The molecule has 0 aromatic heterocycles. The molecule has 5 heteroatoms. The minimum atomic E-state index is -0.950. The Hall–Kier alpha value is -2.82. The number of benzene rings is 2.